The lowest BCUT2D eigenvalue weighted by Gasteiger charge is -2.14. The molecule has 0 spiro atoms. The van der Waals surface area contributed by atoms with Gasteiger partial charge in [0.1, 0.15) is 6.04 Å². The Bertz CT molecular complexity index is 547. The van der Waals surface area contributed by atoms with Crippen LogP contribution >= 0.6 is 24.8 Å². The van der Waals surface area contributed by atoms with Crippen LogP contribution in [0, 0.1) is 0 Å². The Morgan fingerprint density at radius 3 is 2.67 bits per heavy atom. The molecule has 1 atom stereocenters. The van der Waals surface area contributed by atoms with Crippen molar-refractivity contribution in [1.29, 1.82) is 0 Å². The third-order valence-electron chi connectivity index (χ3n) is 2.80. The molecule has 1 unspecified atom stereocenters. The van der Waals surface area contributed by atoms with Crippen LogP contribution in [0.2, 0.25) is 0 Å². The number of nitrogens with zero attached hydrogens (tertiary/aromatic N) is 3. The zero-order valence-corrected chi connectivity index (χ0v) is 13.4. The normalized spacial score (nSPS) is 11.0. The van der Waals surface area contributed by atoms with Gasteiger partial charge in [0.05, 0.1) is 6.20 Å². The molecule has 0 fully saturated rings. The number of likely N-dealkylation sites (N-methyl/N-ethyl adjacent to an activating group) is 1. The average Bonchev–Trinajstić information content (AvgIpc) is 2.85. The van der Waals surface area contributed by atoms with Gasteiger partial charge in [0.2, 0.25) is 5.91 Å². The highest BCUT2D eigenvalue weighted by molar-refractivity contribution is 5.85. The number of rotatable bonds is 5. The van der Waals surface area contributed by atoms with Crippen LogP contribution < -0.4 is 10.6 Å². The van der Waals surface area contributed by atoms with E-state index in [2.05, 4.69) is 20.7 Å². The molecule has 6 nitrogen and oxygen atoms in total. The van der Waals surface area contributed by atoms with Gasteiger partial charge < -0.3 is 10.6 Å². The molecule has 0 aliphatic carbocycles. The molecule has 2 aromatic heterocycles. The highest BCUT2D eigenvalue weighted by Crippen LogP contribution is 2.11. The van der Waals surface area contributed by atoms with Crippen molar-refractivity contribution in [2.45, 2.75) is 12.6 Å². The van der Waals surface area contributed by atoms with Gasteiger partial charge in [-0.1, -0.05) is 6.07 Å². The summed E-state index contributed by atoms with van der Waals surface area (Å²) in [6.07, 6.45) is 6.95. The van der Waals surface area contributed by atoms with Crippen LogP contribution in [0.3, 0.4) is 0 Å². The molecule has 0 aliphatic rings. The Labute approximate surface area is 136 Å². The van der Waals surface area contributed by atoms with Gasteiger partial charge in [-0.25, -0.2) is 0 Å². The molecule has 0 saturated heterocycles. The molecular weight excluding hydrogens is 313 g/mol. The van der Waals surface area contributed by atoms with Gasteiger partial charge in [-0.2, -0.15) is 5.10 Å². The van der Waals surface area contributed by atoms with E-state index in [1.807, 2.05) is 25.4 Å². The van der Waals surface area contributed by atoms with Crippen molar-refractivity contribution in [3.63, 3.8) is 0 Å². The molecule has 0 aliphatic heterocycles. The minimum absolute atomic E-state index is 0. The summed E-state index contributed by atoms with van der Waals surface area (Å²) in [6.45, 7) is 0.463. The van der Waals surface area contributed by atoms with Gasteiger partial charge in [0, 0.05) is 37.7 Å². The maximum Gasteiger partial charge on any atom is 0.242 e. The SMILES string of the molecule is CNC(C(=O)NCc1cccnc1)c1cnn(C)c1.Cl.Cl. The first-order chi connectivity index (χ1) is 9.20. The van der Waals surface area contributed by atoms with Crippen molar-refractivity contribution in [2.24, 2.45) is 7.05 Å². The predicted molar refractivity (Wildman–Crippen MR) is 85.6 cm³/mol. The minimum Gasteiger partial charge on any atom is -0.350 e. The Morgan fingerprint density at radius 2 is 2.14 bits per heavy atom. The molecule has 116 valence electrons. The second-order valence-electron chi connectivity index (χ2n) is 4.25. The van der Waals surface area contributed by atoms with Gasteiger partial charge in [0.25, 0.3) is 0 Å². The van der Waals surface area contributed by atoms with E-state index in [1.54, 1.807) is 30.3 Å². The van der Waals surface area contributed by atoms with E-state index in [9.17, 15) is 4.79 Å². The van der Waals surface area contributed by atoms with Crippen molar-refractivity contribution in [1.82, 2.24) is 25.4 Å². The highest BCUT2D eigenvalue weighted by Gasteiger charge is 2.19. The molecule has 0 aromatic carbocycles. The van der Waals surface area contributed by atoms with Crippen LogP contribution in [0.1, 0.15) is 17.2 Å². The van der Waals surface area contributed by atoms with Crippen molar-refractivity contribution in [2.75, 3.05) is 7.05 Å². The fraction of sp³-hybridized carbons (Fsp3) is 0.308. The number of aryl methyl sites for hydroxylation is 1. The van der Waals surface area contributed by atoms with E-state index in [1.165, 1.54) is 0 Å². The Kier molecular flexibility index (Phi) is 8.61. The number of halogens is 2. The maximum atomic E-state index is 12.1. The molecule has 2 rings (SSSR count). The van der Waals surface area contributed by atoms with Gasteiger partial charge >= 0.3 is 0 Å². The fourth-order valence-corrected chi connectivity index (χ4v) is 1.83. The smallest absolute Gasteiger partial charge is 0.242 e. The highest BCUT2D eigenvalue weighted by atomic mass is 35.5. The third kappa shape index (κ3) is 5.34. The lowest BCUT2D eigenvalue weighted by atomic mass is 10.1. The molecule has 8 heteroatoms. The number of carbonyl (C=O) groups excluding carboxylic acids is 1. The second-order valence-corrected chi connectivity index (χ2v) is 4.25. The fourth-order valence-electron chi connectivity index (χ4n) is 1.83. The number of nitrogens with one attached hydrogen (secondary N) is 2. The van der Waals surface area contributed by atoms with Gasteiger partial charge in [-0.05, 0) is 18.7 Å². The summed E-state index contributed by atoms with van der Waals surface area (Å²) in [5.41, 5.74) is 1.81. The molecule has 2 aromatic rings. The molecule has 0 radical (unpaired) electrons. The lowest BCUT2D eigenvalue weighted by Crippen LogP contribution is -2.35. The standard InChI is InChI=1S/C13H17N5O.2ClH/c1-14-12(11-8-17-18(2)9-11)13(19)16-7-10-4-3-5-15-6-10;;/h3-6,8-9,12,14H,7H2,1-2H3,(H,16,19);2*1H. The molecular formula is C13H19Cl2N5O. The topological polar surface area (TPSA) is 71.8 Å². The number of carbonyl (C=O) groups is 1. The average molecular weight is 332 g/mol. The van der Waals surface area contributed by atoms with Gasteiger partial charge in [-0.3, -0.25) is 14.5 Å². The van der Waals surface area contributed by atoms with Crippen molar-refractivity contribution in [3.8, 4) is 0 Å². The van der Waals surface area contributed by atoms with Crippen LogP contribution in [0.15, 0.2) is 36.9 Å². The summed E-state index contributed by atoms with van der Waals surface area (Å²) in [4.78, 5) is 16.1. The third-order valence-corrected chi connectivity index (χ3v) is 2.80. The summed E-state index contributed by atoms with van der Waals surface area (Å²) in [5.74, 6) is -0.0839. The largest absolute Gasteiger partial charge is 0.350 e. The Morgan fingerprint density at radius 1 is 1.38 bits per heavy atom. The van der Waals surface area contributed by atoms with E-state index < -0.39 is 6.04 Å². The molecule has 1 amide bonds. The monoisotopic (exact) mass is 331 g/mol. The summed E-state index contributed by atoms with van der Waals surface area (Å²) in [7, 11) is 3.57. The van der Waals surface area contributed by atoms with E-state index in [0.29, 0.717) is 6.54 Å². The summed E-state index contributed by atoms with van der Waals surface area (Å²) >= 11 is 0. The van der Waals surface area contributed by atoms with Crippen LogP contribution in [0.4, 0.5) is 0 Å². The van der Waals surface area contributed by atoms with Crippen LogP contribution in [0.5, 0.6) is 0 Å². The van der Waals surface area contributed by atoms with Crippen molar-refractivity contribution < 1.29 is 4.79 Å². The van der Waals surface area contributed by atoms with E-state index in [4.69, 9.17) is 0 Å². The van der Waals surface area contributed by atoms with Gasteiger partial charge in [0.15, 0.2) is 0 Å². The predicted octanol–water partition coefficient (Wildman–Crippen LogP) is 1.24. The van der Waals surface area contributed by atoms with Crippen molar-refractivity contribution >= 4 is 30.7 Å². The molecule has 21 heavy (non-hydrogen) atoms. The molecule has 0 saturated carbocycles. The number of hydrogen-bond donors (Lipinski definition) is 2. The first-order valence-corrected chi connectivity index (χ1v) is 6.03. The first kappa shape index (κ1) is 19.4. The quantitative estimate of drug-likeness (QED) is 0.864. The van der Waals surface area contributed by atoms with Crippen LogP contribution in [-0.4, -0.2) is 27.7 Å². The van der Waals surface area contributed by atoms with Crippen molar-refractivity contribution in [3.05, 3.63) is 48.0 Å². The maximum absolute atomic E-state index is 12.1. The van der Waals surface area contributed by atoms with Crippen LogP contribution in [-0.2, 0) is 18.4 Å². The van der Waals surface area contributed by atoms with E-state index >= 15 is 0 Å². The number of hydrogen-bond acceptors (Lipinski definition) is 4. The number of amides is 1. The summed E-state index contributed by atoms with van der Waals surface area (Å²) in [6, 6.07) is 3.37. The minimum atomic E-state index is -0.398. The second kappa shape index (κ2) is 9.33. The Hall–Kier alpha value is -1.63. The Balaban J connectivity index is 0.00000200. The number of pyridine rings is 1. The first-order valence-electron chi connectivity index (χ1n) is 6.03. The molecule has 0 bridgehead atoms. The van der Waals surface area contributed by atoms with Crippen LogP contribution in [0.25, 0.3) is 0 Å². The number of aromatic nitrogens is 3. The summed E-state index contributed by atoms with van der Waals surface area (Å²) in [5, 5.41) is 9.94. The zero-order valence-electron chi connectivity index (χ0n) is 11.8. The molecule has 2 N–H and O–H groups in total. The summed E-state index contributed by atoms with van der Waals surface area (Å²) < 4.78 is 1.67. The lowest BCUT2D eigenvalue weighted by molar-refractivity contribution is -0.123. The molecule has 2 heterocycles. The van der Waals surface area contributed by atoms with E-state index in [0.717, 1.165) is 11.1 Å². The zero-order chi connectivity index (χ0) is 13.7. The van der Waals surface area contributed by atoms with Gasteiger partial charge in [-0.15, -0.1) is 24.8 Å². The van der Waals surface area contributed by atoms with E-state index in [-0.39, 0.29) is 30.7 Å².